The van der Waals surface area contributed by atoms with Gasteiger partial charge in [-0.2, -0.15) is 0 Å². The first-order chi connectivity index (χ1) is 7.81. The minimum absolute atomic E-state index is 0.944. The molecule has 1 heteroatoms. The van der Waals surface area contributed by atoms with E-state index in [1.165, 1.54) is 16.8 Å². The van der Waals surface area contributed by atoms with Crippen molar-refractivity contribution >= 4 is 6.08 Å². The minimum Gasteiger partial charge on any atom is -0.204 e. The van der Waals surface area contributed by atoms with Crippen LogP contribution in [0.15, 0.2) is 55.2 Å². The van der Waals surface area contributed by atoms with Gasteiger partial charge in [0.2, 0.25) is 0 Å². The monoisotopic (exact) mass is 210 g/mol. The molecule has 1 aromatic heterocycles. The molecule has 0 N–H and O–H groups in total. The van der Waals surface area contributed by atoms with Crippen LogP contribution in [0.5, 0.6) is 0 Å². The van der Waals surface area contributed by atoms with Crippen LogP contribution >= 0.6 is 0 Å². The van der Waals surface area contributed by atoms with Crippen LogP contribution in [0.4, 0.5) is 0 Å². The lowest BCUT2D eigenvalue weighted by Gasteiger charge is -2.03. The van der Waals surface area contributed by atoms with E-state index >= 15 is 0 Å². The molecule has 0 saturated carbocycles. The third kappa shape index (κ3) is 2.19. The SMILES string of the molecule is C=Cc1ccc[n+](C)c1Cc1ccccc1. The van der Waals surface area contributed by atoms with Gasteiger partial charge in [-0.05, 0) is 11.6 Å². The second kappa shape index (κ2) is 4.75. The van der Waals surface area contributed by atoms with Crippen LogP contribution in [0.3, 0.4) is 0 Å². The largest absolute Gasteiger partial charge is 0.204 e. The molecule has 0 aliphatic rings. The van der Waals surface area contributed by atoms with Crippen LogP contribution < -0.4 is 4.57 Å². The molecule has 0 unspecified atom stereocenters. The Labute approximate surface area is 96.7 Å². The first-order valence-corrected chi connectivity index (χ1v) is 5.45. The fourth-order valence-electron chi connectivity index (χ4n) is 1.87. The lowest BCUT2D eigenvalue weighted by Crippen LogP contribution is -2.34. The van der Waals surface area contributed by atoms with E-state index in [9.17, 15) is 0 Å². The van der Waals surface area contributed by atoms with Gasteiger partial charge in [-0.25, -0.2) is 4.57 Å². The highest BCUT2D eigenvalue weighted by Crippen LogP contribution is 2.11. The van der Waals surface area contributed by atoms with E-state index in [4.69, 9.17) is 0 Å². The van der Waals surface area contributed by atoms with Gasteiger partial charge in [0, 0.05) is 11.6 Å². The molecule has 16 heavy (non-hydrogen) atoms. The van der Waals surface area contributed by atoms with E-state index < -0.39 is 0 Å². The minimum atomic E-state index is 0.944. The average Bonchev–Trinajstić information content (AvgIpc) is 2.33. The van der Waals surface area contributed by atoms with Crippen molar-refractivity contribution in [2.24, 2.45) is 7.05 Å². The van der Waals surface area contributed by atoms with Gasteiger partial charge < -0.3 is 0 Å². The van der Waals surface area contributed by atoms with E-state index in [1.54, 1.807) is 0 Å². The zero-order valence-corrected chi connectivity index (χ0v) is 9.56. The van der Waals surface area contributed by atoms with E-state index in [2.05, 4.69) is 54.7 Å². The molecule has 1 heterocycles. The molecule has 0 radical (unpaired) electrons. The first kappa shape index (κ1) is 10.6. The third-order valence-electron chi connectivity index (χ3n) is 2.78. The van der Waals surface area contributed by atoms with Gasteiger partial charge in [-0.1, -0.05) is 43.0 Å². The number of pyridine rings is 1. The van der Waals surface area contributed by atoms with Crippen LogP contribution in [-0.2, 0) is 13.5 Å². The fourth-order valence-corrected chi connectivity index (χ4v) is 1.87. The highest BCUT2D eigenvalue weighted by atomic mass is 14.9. The first-order valence-electron chi connectivity index (χ1n) is 5.45. The van der Waals surface area contributed by atoms with Crippen LogP contribution in [0.25, 0.3) is 6.08 Å². The Hall–Kier alpha value is -1.89. The molecule has 0 saturated heterocycles. The van der Waals surface area contributed by atoms with Gasteiger partial charge >= 0.3 is 0 Å². The molecule has 0 fully saturated rings. The van der Waals surface area contributed by atoms with Gasteiger partial charge in [0.25, 0.3) is 0 Å². The Balaban J connectivity index is 2.38. The van der Waals surface area contributed by atoms with Crippen molar-refractivity contribution in [1.29, 1.82) is 0 Å². The second-order valence-electron chi connectivity index (χ2n) is 3.89. The Bertz CT molecular complexity index is 486. The van der Waals surface area contributed by atoms with Gasteiger partial charge in [-0.15, -0.1) is 0 Å². The topological polar surface area (TPSA) is 3.88 Å². The Kier molecular flexibility index (Phi) is 3.16. The number of benzene rings is 1. The molecule has 0 spiro atoms. The smallest absolute Gasteiger partial charge is 0.192 e. The summed E-state index contributed by atoms with van der Waals surface area (Å²) in [5, 5.41) is 0. The normalized spacial score (nSPS) is 10.1. The van der Waals surface area contributed by atoms with Crippen molar-refractivity contribution in [3.8, 4) is 0 Å². The quantitative estimate of drug-likeness (QED) is 0.686. The number of aromatic nitrogens is 1. The maximum Gasteiger partial charge on any atom is 0.192 e. The van der Waals surface area contributed by atoms with E-state index in [1.807, 2.05) is 18.2 Å². The van der Waals surface area contributed by atoms with Crippen LogP contribution in [-0.4, -0.2) is 0 Å². The van der Waals surface area contributed by atoms with Crippen LogP contribution in [0.1, 0.15) is 16.8 Å². The predicted octanol–water partition coefficient (Wildman–Crippen LogP) is 2.74. The Morgan fingerprint density at radius 2 is 1.88 bits per heavy atom. The molecule has 0 atom stereocenters. The van der Waals surface area contributed by atoms with Crippen molar-refractivity contribution in [1.82, 2.24) is 0 Å². The molecule has 0 bridgehead atoms. The molecule has 2 aromatic rings. The second-order valence-corrected chi connectivity index (χ2v) is 3.89. The Morgan fingerprint density at radius 1 is 1.12 bits per heavy atom. The maximum atomic E-state index is 3.86. The number of hydrogen-bond donors (Lipinski definition) is 0. The van der Waals surface area contributed by atoms with E-state index in [-0.39, 0.29) is 0 Å². The summed E-state index contributed by atoms with van der Waals surface area (Å²) in [5.74, 6) is 0. The molecule has 1 nitrogen and oxygen atoms in total. The summed E-state index contributed by atoms with van der Waals surface area (Å²) < 4.78 is 2.16. The fraction of sp³-hybridized carbons (Fsp3) is 0.133. The van der Waals surface area contributed by atoms with Gasteiger partial charge in [0.1, 0.15) is 7.05 Å². The van der Waals surface area contributed by atoms with E-state index in [0.29, 0.717) is 0 Å². The predicted molar refractivity (Wildman–Crippen MR) is 67.0 cm³/mol. The lowest BCUT2D eigenvalue weighted by atomic mass is 10.0. The zero-order chi connectivity index (χ0) is 11.4. The van der Waals surface area contributed by atoms with Crippen LogP contribution in [0, 0.1) is 0 Å². The van der Waals surface area contributed by atoms with Crippen molar-refractivity contribution in [2.45, 2.75) is 6.42 Å². The van der Waals surface area contributed by atoms with Crippen molar-refractivity contribution < 1.29 is 4.57 Å². The van der Waals surface area contributed by atoms with Crippen molar-refractivity contribution in [2.75, 3.05) is 0 Å². The summed E-state index contributed by atoms with van der Waals surface area (Å²) in [6.07, 6.45) is 4.93. The maximum absolute atomic E-state index is 3.86. The number of nitrogens with zero attached hydrogens (tertiary/aromatic N) is 1. The highest BCUT2D eigenvalue weighted by molar-refractivity contribution is 5.48. The Morgan fingerprint density at radius 3 is 2.56 bits per heavy atom. The average molecular weight is 210 g/mol. The van der Waals surface area contributed by atoms with Gasteiger partial charge in [0.05, 0.1) is 6.42 Å². The summed E-state index contributed by atoms with van der Waals surface area (Å²) in [7, 11) is 2.07. The molecular weight excluding hydrogens is 194 g/mol. The lowest BCUT2D eigenvalue weighted by molar-refractivity contribution is -0.678. The number of rotatable bonds is 3. The highest BCUT2D eigenvalue weighted by Gasteiger charge is 2.10. The molecule has 0 aliphatic heterocycles. The number of hydrogen-bond acceptors (Lipinski definition) is 0. The molecule has 1 aromatic carbocycles. The third-order valence-corrected chi connectivity index (χ3v) is 2.78. The molecule has 0 aliphatic carbocycles. The van der Waals surface area contributed by atoms with Crippen LogP contribution in [0.2, 0.25) is 0 Å². The summed E-state index contributed by atoms with van der Waals surface area (Å²) in [4.78, 5) is 0. The van der Waals surface area contributed by atoms with Gasteiger partial charge in [0.15, 0.2) is 11.9 Å². The summed E-state index contributed by atoms with van der Waals surface area (Å²) in [6.45, 7) is 3.86. The van der Waals surface area contributed by atoms with Crippen molar-refractivity contribution in [3.63, 3.8) is 0 Å². The molecule has 2 rings (SSSR count). The summed E-state index contributed by atoms with van der Waals surface area (Å²) >= 11 is 0. The van der Waals surface area contributed by atoms with E-state index in [0.717, 1.165) is 6.42 Å². The molecule has 80 valence electrons. The standard InChI is InChI=1S/C15H16N/c1-3-14-10-7-11-16(2)15(14)12-13-8-5-4-6-9-13/h3-11H,1,12H2,2H3/q+1. The molecular formula is C15H16N+. The van der Waals surface area contributed by atoms with Gasteiger partial charge in [-0.3, -0.25) is 0 Å². The summed E-state index contributed by atoms with van der Waals surface area (Å²) in [5.41, 5.74) is 3.82. The summed E-state index contributed by atoms with van der Waals surface area (Å²) in [6, 6.07) is 14.6. The number of aryl methyl sites for hydroxylation is 1. The van der Waals surface area contributed by atoms with Crippen molar-refractivity contribution in [3.05, 3.63) is 72.1 Å². The zero-order valence-electron chi connectivity index (χ0n) is 9.56. The molecule has 0 amide bonds.